The summed E-state index contributed by atoms with van der Waals surface area (Å²) in [5.41, 5.74) is 0.375. The number of benzene rings is 1. The van der Waals surface area contributed by atoms with Crippen molar-refractivity contribution in [2.45, 2.75) is 26.7 Å². The smallest absolute Gasteiger partial charge is 0.231 e. The van der Waals surface area contributed by atoms with Crippen LogP contribution in [0, 0.1) is 5.41 Å². The Kier molecular flexibility index (Phi) is 5.07. The molecular formula is C16H24N2O3. The molecule has 0 aromatic heterocycles. The van der Waals surface area contributed by atoms with Crippen LogP contribution in [0.4, 0.5) is 5.69 Å². The molecule has 1 atom stereocenters. The van der Waals surface area contributed by atoms with Gasteiger partial charge in [-0.15, -0.1) is 0 Å². The van der Waals surface area contributed by atoms with Gasteiger partial charge >= 0.3 is 0 Å². The molecule has 2 N–H and O–H groups in total. The number of amides is 1. The maximum Gasteiger partial charge on any atom is 0.231 e. The fraction of sp³-hybridized carbons (Fsp3) is 0.562. The molecular weight excluding hydrogens is 268 g/mol. The van der Waals surface area contributed by atoms with E-state index in [0.29, 0.717) is 24.7 Å². The molecule has 2 rings (SSSR count). The van der Waals surface area contributed by atoms with E-state index < -0.39 is 0 Å². The number of carbonyl (C=O) groups excluding carboxylic acids is 1. The lowest BCUT2D eigenvalue weighted by Crippen LogP contribution is -2.46. The molecule has 5 nitrogen and oxygen atoms in total. The normalized spacial score (nSPS) is 21.7. The Morgan fingerprint density at radius 1 is 1.43 bits per heavy atom. The second-order valence-electron chi connectivity index (χ2n) is 5.59. The van der Waals surface area contributed by atoms with E-state index in [-0.39, 0.29) is 11.3 Å². The van der Waals surface area contributed by atoms with Gasteiger partial charge in [-0.05, 0) is 45.4 Å². The van der Waals surface area contributed by atoms with Crippen molar-refractivity contribution in [1.29, 1.82) is 0 Å². The van der Waals surface area contributed by atoms with Crippen LogP contribution in [0.25, 0.3) is 0 Å². The van der Waals surface area contributed by atoms with E-state index in [0.717, 1.165) is 25.1 Å². The number of piperidine rings is 1. The van der Waals surface area contributed by atoms with Gasteiger partial charge in [-0.1, -0.05) is 0 Å². The third-order valence-corrected chi connectivity index (χ3v) is 3.87. The Morgan fingerprint density at radius 3 is 2.86 bits per heavy atom. The number of ether oxygens (including phenoxy) is 2. The summed E-state index contributed by atoms with van der Waals surface area (Å²) < 4.78 is 10.8. The van der Waals surface area contributed by atoms with E-state index in [1.54, 1.807) is 13.2 Å². The average molecular weight is 292 g/mol. The van der Waals surface area contributed by atoms with Gasteiger partial charge in [0.05, 0.1) is 19.1 Å². The van der Waals surface area contributed by atoms with Gasteiger partial charge in [-0.3, -0.25) is 4.79 Å². The van der Waals surface area contributed by atoms with Gasteiger partial charge in [0.2, 0.25) is 5.91 Å². The molecule has 1 aliphatic rings. The van der Waals surface area contributed by atoms with E-state index in [2.05, 4.69) is 10.6 Å². The molecule has 0 spiro atoms. The van der Waals surface area contributed by atoms with Crippen LogP contribution in [-0.4, -0.2) is 32.7 Å². The predicted molar refractivity (Wildman–Crippen MR) is 83.0 cm³/mol. The van der Waals surface area contributed by atoms with Crippen molar-refractivity contribution in [2.75, 3.05) is 32.1 Å². The van der Waals surface area contributed by atoms with Gasteiger partial charge in [0.1, 0.15) is 0 Å². The first-order valence-electron chi connectivity index (χ1n) is 7.42. The number of nitrogens with one attached hydrogen (secondary N) is 2. The number of methoxy groups -OCH3 is 1. The van der Waals surface area contributed by atoms with Gasteiger partial charge in [-0.2, -0.15) is 0 Å². The first kappa shape index (κ1) is 15.6. The van der Waals surface area contributed by atoms with E-state index in [4.69, 9.17) is 9.47 Å². The summed E-state index contributed by atoms with van der Waals surface area (Å²) in [7, 11) is 1.60. The highest BCUT2D eigenvalue weighted by Crippen LogP contribution is 2.32. The first-order valence-corrected chi connectivity index (χ1v) is 7.42. The maximum atomic E-state index is 12.5. The van der Waals surface area contributed by atoms with Gasteiger partial charge < -0.3 is 20.1 Å². The molecule has 1 heterocycles. The van der Waals surface area contributed by atoms with Crippen LogP contribution in [0.15, 0.2) is 18.2 Å². The first-order chi connectivity index (χ1) is 10.1. The van der Waals surface area contributed by atoms with Gasteiger partial charge in [0.25, 0.3) is 0 Å². The largest absolute Gasteiger partial charge is 0.493 e. The summed E-state index contributed by atoms with van der Waals surface area (Å²) in [5, 5.41) is 6.27. The van der Waals surface area contributed by atoms with Crippen LogP contribution >= 0.6 is 0 Å². The lowest BCUT2D eigenvalue weighted by Gasteiger charge is -2.32. The van der Waals surface area contributed by atoms with E-state index in [9.17, 15) is 4.79 Å². The predicted octanol–water partition coefficient (Wildman–Crippen LogP) is 2.42. The second-order valence-corrected chi connectivity index (χ2v) is 5.59. The minimum Gasteiger partial charge on any atom is -0.493 e. The third kappa shape index (κ3) is 3.67. The summed E-state index contributed by atoms with van der Waals surface area (Å²) in [6.07, 6.45) is 1.93. The molecule has 1 aromatic rings. The number of anilines is 1. The molecule has 1 saturated heterocycles. The minimum atomic E-state index is -0.357. The summed E-state index contributed by atoms with van der Waals surface area (Å²) in [6.45, 7) is 6.17. The summed E-state index contributed by atoms with van der Waals surface area (Å²) in [4.78, 5) is 12.5. The monoisotopic (exact) mass is 292 g/mol. The molecule has 21 heavy (non-hydrogen) atoms. The van der Waals surface area contributed by atoms with Crippen molar-refractivity contribution in [3.05, 3.63) is 18.2 Å². The van der Waals surface area contributed by atoms with Gasteiger partial charge in [0.15, 0.2) is 11.5 Å². The fourth-order valence-electron chi connectivity index (χ4n) is 2.55. The average Bonchev–Trinajstić information content (AvgIpc) is 2.48. The van der Waals surface area contributed by atoms with Crippen LogP contribution in [-0.2, 0) is 4.79 Å². The van der Waals surface area contributed by atoms with E-state index in [1.165, 1.54) is 0 Å². The lowest BCUT2D eigenvalue weighted by atomic mass is 9.82. The third-order valence-electron chi connectivity index (χ3n) is 3.87. The molecule has 0 aliphatic carbocycles. The highest BCUT2D eigenvalue weighted by atomic mass is 16.5. The zero-order chi connectivity index (χ0) is 15.3. The number of rotatable bonds is 5. The topological polar surface area (TPSA) is 59.6 Å². The van der Waals surface area contributed by atoms with Crippen molar-refractivity contribution in [3.63, 3.8) is 0 Å². The van der Waals surface area contributed by atoms with Crippen LogP contribution in [0.1, 0.15) is 26.7 Å². The molecule has 0 radical (unpaired) electrons. The molecule has 5 heteroatoms. The zero-order valence-electron chi connectivity index (χ0n) is 13.0. The second kappa shape index (κ2) is 6.80. The van der Waals surface area contributed by atoms with Gasteiger partial charge in [-0.25, -0.2) is 0 Å². The number of carbonyl (C=O) groups is 1. The molecule has 0 bridgehead atoms. The van der Waals surface area contributed by atoms with Crippen molar-refractivity contribution in [3.8, 4) is 11.5 Å². The zero-order valence-corrected chi connectivity index (χ0v) is 13.0. The molecule has 1 amide bonds. The lowest BCUT2D eigenvalue weighted by molar-refractivity contribution is -0.125. The molecule has 1 aromatic carbocycles. The molecule has 1 fully saturated rings. The van der Waals surface area contributed by atoms with Gasteiger partial charge in [0, 0.05) is 18.3 Å². The summed E-state index contributed by atoms with van der Waals surface area (Å²) >= 11 is 0. The highest BCUT2D eigenvalue weighted by molar-refractivity contribution is 5.95. The van der Waals surface area contributed by atoms with Crippen LogP contribution in [0.3, 0.4) is 0 Å². The van der Waals surface area contributed by atoms with Crippen molar-refractivity contribution < 1.29 is 14.3 Å². The molecule has 1 aliphatic heterocycles. The number of hydrogen-bond acceptors (Lipinski definition) is 4. The van der Waals surface area contributed by atoms with Crippen molar-refractivity contribution in [1.82, 2.24) is 5.32 Å². The highest BCUT2D eigenvalue weighted by Gasteiger charge is 2.34. The van der Waals surface area contributed by atoms with Crippen LogP contribution in [0.2, 0.25) is 0 Å². The fourth-order valence-corrected chi connectivity index (χ4v) is 2.55. The minimum absolute atomic E-state index is 0.0438. The Bertz CT molecular complexity index is 496. The Hall–Kier alpha value is -1.75. The Balaban J connectivity index is 2.11. The molecule has 0 saturated carbocycles. The quantitative estimate of drug-likeness (QED) is 0.875. The Morgan fingerprint density at radius 2 is 2.24 bits per heavy atom. The summed E-state index contributed by atoms with van der Waals surface area (Å²) in [5.74, 6) is 1.35. The number of hydrogen-bond donors (Lipinski definition) is 2. The van der Waals surface area contributed by atoms with Crippen molar-refractivity contribution >= 4 is 11.6 Å². The van der Waals surface area contributed by atoms with E-state index in [1.807, 2.05) is 26.0 Å². The van der Waals surface area contributed by atoms with E-state index >= 15 is 0 Å². The SMILES string of the molecule is CCOc1cc(NC(=O)C2(C)CCCNC2)ccc1OC. The Labute approximate surface area is 126 Å². The molecule has 1 unspecified atom stereocenters. The summed E-state index contributed by atoms with van der Waals surface area (Å²) in [6, 6.07) is 5.45. The molecule has 116 valence electrons. The standard InChI is InChI=1S/C16H24N2O3/c1-4-21-14-10-12(6-7-13(14)20-3)18-15(19)16(2)8-5-9-17-11-16/h6-7,10,17H,4-5,8-9,11H2,1-3H3,(H,18,19). The van der Waals surface area contributed by atoms with Crippen LogP contribution in [0.5, 0.6) is 11.5 Å². The van der Waals surface area contributed by atoms with Crippen LogP contribution < -0.4 is 20.1 Å². The van der Waals surface area contributed by atoms with Crippen molar-refractivity contribution in [2.24, 2.45) is 5.41 Å². The maximum absolute atomic E-state index is 12.5.